The molecule has 1 aliphatic rings. The predicted octanol–water partition coefficient (Wildman–Crippen LogP) is 1.89. The number of carbonyl (C=O) groups excluding carboxylic acids is 1. The fourth-order valence-electron chi connectivity index (χ4n) is 2.79. The number of hydrogen-bond acceptors (Lipinski definition) is 3. The first-order chi connectivity index (χ1) is 11.1. The number of carboxylic acid groups (broad SMARTS) is 1. The van der Waals surface area contributed by atoms with Gasteiger partial charge in [-0.15, -0.1) is 0 Å². The first-order valence-corrected chi connectivity index (χ1v) is 7.92. The van der Waals surface area contributed by atoms with Gasteiger partial charge in [0.15, 0.2) is 0 Å². The summed E-state index contributed by atoms with van der Waals surface area (Å²) in [7, 11) is 1.65. The van der Waals surface area contributed by atoms with Gasteiger partial charge in [-0.2, -0.15) is 0 Å². The van der Waals surface area contributed by atoms with Crippen LogP contribution in [0.1, 0.15) is 24.8 Å². The molecule has 0 radical (unpaired) electrons. The van der Waals surface area contributed by atoms with Crippen molar-refractivity contribution in [3.8, 4) is 0 Å². The predicted molar refractivity (Wildman–Crippen MR) is 86.3 cm³/mol. The van der Waals surface area contributed by atoms with E-state index in [2.05, 4.69) is 5.32 Å². The molecule has 1 heterocycles. The summed E-state index contributed by atoms with van der Waals surface area (Å²) in [5.74, 6) is -0.849. The maximum absolute atomic E-state index is 12.4. The molecular weight excluding hydrogens is 296 g/mol. The Morgan fingerprint density at radius 3 is 2.74 bits per heavy atom. The summed E-state index contributed by atoms with van der Waals surface area (Å²) in [6.45, 7) is 1.25. The molecule has 0 aromatic heterocycles. The third-order valence-corrected chi connectivity index (χ3v) is 4.12. The Hall–Kier alpha value is -2.08. The molecule has 1 unspecified atom stereocenters. The monoisotopic (exact) mass is 320 g/mol. The quantitative estimate of drug-likeness (QED) is 0.804. The summed E-state index contributed by atoms with van der Waals surface area (Å²) < 4.78 is 5.27. The lowest BCUT2D eigenvalue weighted by atomic mass is 10.0. The SMILES string of the molecule is CO[C@H]1CCN(C(=O)NC(CCC(=O)O)Cc2ccccc2)C1. The van der Waals surface area contributed by atoms with E-state index in [1.807, 2.05) is 30.3 Å². The van der Waals surface area contributed by atoms with Crippen molar-refractivity contribution in [2.45, 2.75) is 37.8 Å². The van der Waals surface area contributed by atoms with Crippen LogP contribution >= 0.6 is 0 Å². The molecule has 6 nitrogen and oxygen atoms in total. The number of amides is 2. The van der Waals surface area contributed by atoms with Crippen LogP contribution in [-0.2, 0) is 16.0 Å². The van der Waals surface area contributed by atoms with Crippen molar-refractivity contribution in [3.63, 3.8) is 0 Å². The van der Waals surface area contributed by atoms with Gasteiger partial charge >= 0.3 is 12.0 Å². The number of methoxy groups -OCH3 is 1. The Morgan fingerprint density at radius 1 is 1.39 bits per heavy atom. The summed E-state index contributed by atoms with van der Waals surface area (Å²) in [5, 5.41) is 11.9. The second-order valence-corrected chi connectivity index (χ2v) is 5.86. The number of urea groups is 1. The number of nitrogens with one attached hydrogen (secondary N) is 1. The van der Waals surface area contributed by atoms with Gasteiger partial charge in [-0.3, -0.25) is 4.79 Å². The highest BCUT2D eigenvalue weighted by molar-refractivity contribution is 5.75. The highest BCUT2D eigenvalue weighted by Gasteiger charge is 2.27. The van der Waals surface area contributed by atoms with Crippen molar-refractivity contribution in [2.75, 3.05) is 20.2 Å². The van der Waals surface area contributed by atoms with Crippen molar-refractivity contribution in [2.24, 2.45) is 0 Å². The van der Waals surface area contributed by atoms with Gasteiger partial charge in [-0.05, 0) is 24.8 Å². The molecule has 0 bridgehead atoms. The summed E-state index contributed by atoms with van der Waals surface area (Å²) in [6, 6.07) is 9.44. The molecule has 0 spiro atoms. The van der Waals surface area contributed by atoms with E-state index in [9.17, 15) is 9.59 Å². The Bertz CT molecular complexity index is 521. The standard InChI is InChI=1S/C17H24N2O4/c1-23-15-9-10-19(12-15)17(22)18-14(7-8-16(20)21)11-13-5-3-2-4-6-13/h2-6,14-15H,7-12H2,1H3,(H,18,22)(H,20,21)/t14?,15-/m0/s1. The van der Waals surface area contributed by atoms with E-state index in [1.54, 1.807) is 12.0 Å². The first kappa shape index (κ1) is 17.3. The molecular formula is C17H24N2O4. The molecule has 1 aromatic rings. The maximum Gasteiger partial charge on any atom is 0.317 e. The lowest BCUT2D eigenvalue weighted by molar-refractivity contribution is -0.137. The Balaban J connectivity index is 1.93. The summed E-state index contributed by atoms with van der Waals surface area (Å²) in [4.78, 5) is 24.9. The lowest BCUT2D eigenvalue weighted by Gasteiger charge is -2.23. The zero-order chi connectivity index (χ0) is 16.7. The fraction of sp³-hybridized carbons (Fsp3) is 0.529. The van der Waals surface area contributed by atoms with Gasteiger partial charge < -0.3 is 20.1 Å². The smallest absolute Gasteiger partial charge is 0.317 e. The van der Waals surface area contributed by atoms with Crippen LogP contribution in [0.2, 0.25) is 0 Å². The zero-order valence-electron chi connectivity index (χ0n) is 13.4. The summed E-state index contributed by atoms with van der Waals surface area (Å²) >= 11 is 0. The second-order valence-electron chi connectivity index (χ2n) is 5.86. The van der Waals surface area contributed by atoms with Gasteiger partial charge in [0.2, 0.25) is 0 Å². The molecule has 2 rings (SSSR count). The number of benzene rings is 1. The van der Waals surface area contributed by atoms with E-state index in [4.69, 9.17) is 9.84 Å². The molecule has 2 atom stereocenters. The molecule has 0 aliphatic carbocycles. The van der Waals surface area contributed by atoms with E-state index < -0.39 is 5.97 Å². The van der Waals surface area contributed by atoms with Crippen molar-refractivity contribution in [3.05, 3.63) is 35.9 Å². The van der Waals surface area contributed by atoms with Crippen molar-refractivity contribution in [1.29, 1.82) is 0 Å². The highest BCUT2D eigenvalue weighted by Crippen LogP contribution is 2.13. The average molecular weight is 320 g/mol. The van der Waals surface area contributed by atoms with Crippen LogP contribution in [0, 0.1) is 0 Å². The third-order valence-electron chi connectivity index (χ3n) is 4.12. The van der Waals surface area contributed by atoms with Crippen molar-refractivity contribution in [1.82, 2.24) is 10.2 Å². The second kappa shape index (κ2) is 8.53. The molecule has 1 fully saturated rings. The number of hydrogen-bond donors (Lipinski definition) is 2. The zero-order valence-corrected chi connectivity index (χ0v) is 13.4. The molecule has 2 amide bonds. The van der Waals surface area contributed by atoms with Crippen LogP contribution in [0.25, 0.3) is 0 Å². The van der Waals surface area contributed by atoms with E-state index in [0.717, 1.165) is 12.0 Å². The minimum absolute atomic E-state index is 0.0402. The number of aliphatic carboxylic acids is 1. The Labute approximate surface area is 136 Å². The number of rotatable bonds is 7. The summed E-state index contributed by atoms with van der Waals surface area (Å²) in [5.41, 5.74) is 1.08. The van der Waals surface area contributed by atoms with Gasteiger partial charge in [0.1, 0.15) is 0 Å². The average Bonchev–Trinajstić information content (AvgIpc) is 3.02. The number of carboxylic acids is 1. The lowest BCUT2D eigenvalue weighted by Crippen LogP contribution is -2.45. The van der Waals surface area contributed by atoms with Crippen LogP contribution in [0.4, 0.5) is 4.79 Å². The molecule has 1 saturated heterocycles. The van der Waals surface area contributed by atoms with Gasteiger partial charge in [0.25, 0.3) is 0 Å². The maximum atomic E-state index is 12.4. The van der Waals surface area contributed by atoms with Crippen molar-refractivity contribution >= 4 is 12.0 Å². The Kier molecular flexibility index (Phi) is 6.40. The molecule has 23 heavy (non-hydrogen) atoms. The highest BCUT2D eigenvalue weighted by atomic mass is 16.5. The molecule has 1 aromatic carbocycles. The Morgan fingerprint density at radius 2 is 2.13 bits per heavy atom. The minimum atomic E-state index is -0.849. The number of carbonyl (C=O) groups is 2. The molecule has 126 valence electrons. The van der Waals surface area contributed by atoms with Crippen LogP contribution in [-0.4, -0.2) is 54.4 Å². The van der Waals surface area contributed by atoms with E-state index in [0.29, 0.717) is 25.9 Å². The number of likely N-dealkylation sites (tertiary alicyclic amines) is 1. The number of nitrogens with zero attached hydrogens (tertiary/aromatic N) is 1. The minimum Gasteiger partial charge on any atom is -0.481 e. The summed E-state index contributed by atoms with van der Waals surface area (Å²) in [6.07, 6.45) is 2.01. The van der Waals surface area contributed by atoms with Crippen molar-refractivity contribution < 1.29 is 19.4 Å². The van der Waals surface area contributed by atoms with E-state index in [-0.39, 0.29) is 24.6 Å². The van der Waals surface area contributed by atoms with Gasteiger partial charge in [0, 0.05) is 32.7 Å². The molecule has 6 heteroatoms. The normalized spacial score (nSPS) is 18.7. The largest absolute Gasteiger partial charge is 0.481 e. The van der Waals surface area contributed by atoms with Crippen LogP contribution in [0.3, 0.4) is 0 Å². The van der Waals surface area contributed by atoms with Gasteiger partial charge in [-0.25, -0.2) is 4.79 Å². The van der Waals surface area contributed by atoms with E-state index in [1.165, 1.54) is 0 Å². The van der Waals surface area contributed by atoms with Crippen LogP contribution in [0.5, 0.6) is 0 Å². The van der Waals surface area contributed by atoms with E-state index >= 15 is 0 Å². The fourth-order valence-corrected chi connectivity index (χ4v) is 2.79. The molecule has 1 aliphatic heterocycles. The van der Waals surface area contributed by atoms with Crippen LogP contribution < -0.4 is 5.32 Å². The topological polar surface area (TPSA) is 78.9 Å². The number of ether oxygens (including phenoxy) is 1. The molecule has 0 saturated carbocycles. The van der Waals surface area contributed by atoms with Gasteiger partial charge in [-0.1, -0.05) is 30.3 Å². The van der Waals surface area contributed by atoms with Gasteiger partial charge in [0.05, 0.1) is 6.10 Å². The van der Waals surface area contributed by atoms with Crippen LogP contribution in [0.15, 0.2) is 30.3 Å². The molecule has 2 N–H and O–H groups in total. The third kappa shape index (κ3) is 5.56. The first-order valence-electron chi connectivity index (χ1n) is 7.92.